The molecule has 96 valence electrons. The van der Waals surface area contributed by atoms with Gasteiger partial charge in [-0.25, -0.2) is 0 Å². The summed E-state index contributed by atoms with van der Waals surface area (Å²) < 4.78 is 0. The van der Waals surface area contributed by atoms with Gasteiger partial charge >= 0.3 is 0 Å². The number of hydrogen-bond donors (Lipinski definition) is 2. The number of hydrogen-bond acceptors (Lipinski definition) is 3. The van der Waals surface area contributed by atoms with Crippen molar-refractivity contribution >= 4 is 5.91 Å². The number of benzene rings is 1. The van der Waals surface area contributed by atoms with Crippen LogP contribution in [0.3, 0.4) is 0 Å². The van der Waals surface area contributed by atoms with Crippen LogP contribution in [-0.2, 0) is 11.3 Å². The van der Waals surface area contributed by atoms with Crippen molar-refractivity contribution in [3.63, 3.8) is 0 Å². The fraction of sp³-hybridized carbons (Fsp3) is 0.429. The van der Waals surface area contributed by atoms with Crippen LogP contribution in [0.25, 0.3) is 0 Å². The van der Waals surface area contributed by atoms with E-state index in [1.165, 1.54) is 0 Å². The zero-order chi connectivity index (χ0) is 13.4. The zero-order valence-corrected chi connectivity index (χ0v) is 10.9. The molecule has 0 unspecified atom stereocenters. The van der Waals surface area contributed by atoms with Gasteiger partial charge < -0.3 is 10.6 Å². The van der Waals surface area contributed by atoms with Crippen molar-refractivity contribution < 1.29 is 4.79 Å². The Morgan fingerprint density at radius 2 is 2.00 bits per heavy atom. The fourth-order valence-electron chi connectivity index (χ4n) is 1.40. The second kappa shape index (κ2) is 7.46. The van der Waals surface area contributed by atoms with Crippen LogP contribution in [0, 0.1) is 17.2 Å². The molecule has 0 aliphatic rings. The highest BCUT2D eigenvalue weighted by Crippen LogP contribution is 2.02. The predicted octanol–water partition coefficient (Wildman–Crippen LogP) is 1.42. The van der Waals surface area contributed by atoms with Crippen LogP contribution in [-0.4, -0.2) is 19.0 Å². The van der Waals surface area contributed by atoms with Crippen LogP contribution in [0.2, 0.25) is 0 Å². The highest BCUT2D eigenvalue weighted by molar-refractivity contribution is 5.77. The van der Waals surface area contributed by atoms with E-state index in [4.69, 9.17) is 5.26 Å². The van der Waals surface area contributed by atoms with Gasteiger partial charge in [-0.05, 0) is 23.6 Å². The van der Waals surface area contributed by atoms with Crippen LogP contribution < -0.4 is 10.6 Å². The topological polar surface area (TPSA) is 64.9 Å². The minimum atomic E-state index is 0.0114. The molecule has 0 aromatic heterocycles. The number of nitrogens with zero attached hydrogens (tertiary/aromatic N) is 1. The molecule has 0 saturated heterocycles. The smallest absolute Gasteiger partial charge is 0.233 e. The van der Waals surface area contributed by atoms with Gasteiger partial charge in [0.15, 0.2) is 0 Å². The van der Waals surface area contributed by atoms with Crippen molar-refractivity contribution in [2.24, 2.45) is 5.92 Å². The summed E-state index contributed by atoms with van der Waals surface area (Å²) in [6.45, 7) is 5.76. The summed E-state index contributed by atoms with van der Waals surface area (Å²) in [4.78, 5) is 11.4. The van der Waals surface area contributed by atoms with E-state index < -0.39 is 0 Å². The molecule has 1 aromatic rings. The molecule has 0 saturated carbocycles. The van der Waals surface area contributed by atoms with E-state index >= 15 is 0 Å². The first kappa shape index (κ1) is 14.2. The van der Waals surface area contributed by atoms with Crippen molar-refractivity contribution in [1.29, 1.82) is 5.26 Å². The minimum absolute atomic E-state index is 0.0114. The lowest BCUT2D eigenvalue weighted by Crippen LogP contribution is -2.35. The van der Waals surface area contributed by atoms with E-state index in [2.05, 4.69) is 30.6 Å². The molecule has 0 bridgehead atoms. The predicted molar refractivity (Wildman–Crippen MR) is 70.7 cm³/mol. The maximum atomic E-state index is 11.4. The summed E-state index contributed by atoms with van der Waals surface area (Å²) in [5.41, 5.74) is 1.71. The van der Waals surface area contributed by atoms with Crippen molar-refractivity contribution in [2.75, 3.05) is 13.1 Å². The van der Waals surface area contributed by atoms with Crippen LogP contribution in [0.1, 0.15) is 25.0 Å². The average Bonchev–Trinajstić information content (AvgIpc) is 2.37. The minimum Gasteiger partial charge on any atom is -0.355 e. The van der Waals surface area contributed by atoms with E-state index in [0.717, 1.165) is 5.56 Å². The van der Waals surface area contributed by atoms with Gasteiger partial charge in [0.2, 0.25) is 5.91 Å². The molecule has 0 spiro atoms. The second-order valence-corrected chi connectivity index (χ2v) is 4.61. The number of nitrogens with one attached hydrogen (secondary N) is 2. The largest absolute Gasteiger partial charge is 0.355 e. The highest BCUT2D eigenvalue weighted by atomic mass is 16.1. The van der Waals surface area contributed by atoms with E-state index in [1.807, 2.05) is 12.1 Å². The standard InChI is InChI=1S/C14H19N3O/c1-11(2)8-17-14(18)10-16-9-13-5-3-12(7-15)4-6-13/h3-6,11,16H,8-10H2,1-2H3,(H,17,18). The van der Waals surface area contributed by atoms with Crippen LogP contribution in [0.4, 0.5) is 0 Å². The van der Waals surface area contributed by atoms with E-state index in [0.29, 0.717) is 31.1 Å². The van der Waals surface area contributed by atoms with Gasteiger partial charge in [-0.3, -0.25) is 4.79 Å². The van der Waals surface area contributed by atoms with Gasteiger partial charge in [-0.2, -0.15) is 5.26 Å². The molecule has 0 aliphatic heterocycles. The molecule has 4 nitrogen and oxygen atoms in total. The van der Waals surface area contributed by atoms with E-state index in [1.54, 1.807) is 12.1 Å². The fourth-order valence-corrected chi connectivity index (χ4v) is 1.40. The van der Waals surface area contributed by atoms with Crippen molar-refractivity contribution in [2.45, 2.75) is 20.4 Å². The lowest BCUT2D eigenvalue weighted by Gasteiger charge is -2.08. The summed E-state index contributed by atoms with van der Waals surface area (Å²) in [5, 5.41) is 14.6. The first-order valence-corrected chi connectivity index (χ1v) is 6.08. The zero-order valence-electron chi connectivity index (χ0n) is 10.9. The van der Waals surface area contributed by atoms with Crippen LogP contribution in [0.15, 0.2) is 24.3 Å². The Hall–Kier alpha value is -1.86. The van der Waals surface area contributed by atoms with Gasteiger partial charge in [-0.15, -0.1) is 0 Å². The molecular formula is C14H19N3O. The molecule has 0 heterocycles. The number of nitriles is 1. The molecule has 0 fully saturated rings. The quantitative estimate of drug-likeness (QED) is 0.796. The van der Waals surface area contributed by atoms with Gasteiger partial charge in [0.25, 0.3) is 0 Å². The van der Waals surface area contributed by atoms with Gasteiger partial charge in [0, 0.05) is 13.1 Å². The Bertz CT molecular complexity index is 418. The van der Waals surface area contributed by atoms with E-state index in [9.17, 15) is 4.79 Å². The summed E-state index contributed by atoms with van der Waals surface area (Å²) in [6.07, 6.45) is 0. The van der Waals surface area contributed by atoms with Crippen molar-refractivity contribution in [3.05, 3.63) is 35.4 Å². The molecule has 2 N–H and O–H groups in total. The number of carbonyl (C=O) groups is 1. The van der Waals surface area contributed by atoms with Crippen LogP contribution in [0.5, 0.6) is 0 Å². The Morgan fingerprint density at radius 3 is 2.56 bits per heavy atom. The summed E-state index contributed by atoms with van der Waals surface area (Å²) in [7, 11) is 0. The van der Waals surface area contributed by atoms with Crippen molar-refractivity contribution in [3.8, 4) is 6.07 Å². The van der Waals surface area contributed by atoms with E-state index in [-0.39, 0.29) is 5.91 Å². The van der Waals surface area contributed by atoms with Crippen molar-refractivity contribution in [1.82, 2.24) is 10.6 Å². The van der Waals surface area contributed by atoms with Crippen LogP contribution >= 0.6 is 0 Å². The first-order chi connectivity index (χ1) is 8.61. The molecule has 0 radical (unpaired) electrons. The number of amides is 1. The summed E-state index contributed by atoms with van der Waals surface area (Å²) in [6, 6.07) is 9.39. The summed E-state index contributed by atoms with van der Waals surface area (Å²) in [5.74, 6) is 0.477. The third-order valence-corrected chi connectivity index (χ3v) is 2.41. The molecule has 1 amide bonds. The summed E-state index contributed by atoms with van der Waals surface area (Å²) >= 11 is 0. The molecule has 4 heteroatoms. The highest BCUT2D eigenvalue weighted by Gasteiger charge is 2.01. The molecule has 18 heavy (non-hydrogen) atoms. The molecule has 0 aliphatic carbocycles. The maximum Gasteiger partial charge on any atom is 0.233 e. The number of rotatable bonds is 6. The lowest BCUT2D eigenvalue weighted by molar-refractivity contribution is -0.120. The Balaban J connectivity index is 2.24. The Labute approximate surface area is 108 Å². The monoisotopic (exact) mass is 245 g/mol. The molecular weight excluding hydrogens is 226 g/mol. The molecule has 1 aromatic carbocycles. The Kier molecular flexibility index (Phi) is 5.89. The van der Waals surface area contributed by atoms with Gasteiger partial charge in [0.1, 0.15) is 0 Å². The molecule has 0 atom stereocenters. The average molecular weight is 245 g/mol. The third-order valence-electron chi connectivity index (χ3n) is 2.41. The third kappa shape index (κ3) is 5.46. The normalized spacial score (nSPS) is 10.1. The Morgan fingerprint density at radius 1 is 1.33 bits per heavy atom. The van der Waals surface area contributed by atoms with Gasteiger partial charge in [0.05, 0.1) is 18.2 Å². The second-order valence-electron chi connectivity index (χ2n) is 4.61. The molecule has 1 rings (SSSR count). The maximum absolute atomic E-state index is 11.4. The van der Waals surface area contributed by atoms with Gasteiger partial charge in [-0.1, -0.05) is 26.0 Å². The SMILES string of the molecule is CC(C)CNC(=O)CNCc1ccc(C#N)cc1. The lowest BCUT2D eigenvalue weighted by atomic mass is 10.1. The number of carbonyl (C=O) groups excluding carboxylic acids is 1. The first-order valence-electron chi connectivity index (χ1n) is 6.08.